The summed E-state index contributed by atoms with van der Waals surface area (Å²) < 4.78 is 5.22. The van der Waals surface area contributed by atoms with Crippen LogP contribution < -0.4 is 0 Å². The van der Waals surface area contributed by atoms with E-state index in [0.29, 0.717) is 26.3 Å². The molecule has 17 heavy (non-hydrogen) atoms. The Morgan fingerprint density at radius 1 is 1.41 bits per heavy atom. The largest absolute Gasteiger partial charge is 0.481 e. The fourth-order valence-electron chi connectivity index (χ4n) is 1.99. The maximum atomic E-state index is 12.2. The van der Waals surface area contributed by atoms with Gasteiger partial charge in [0.2, 0.25) is 5.91 Å². The second kappa shape index (κ2) is 6.59. The van der Waals surface area contributed by atoms with Crippen LogP contribution >= 0.6 is 0 Å². The third-order valence-corrected chi connectivity index (χ3v) is 3.18. The maximum Gasteiger partial charge on any atom is 0.308 e. The average Bonchev–Trinajstić information content (AvgIpc) is 2.35. The Morgan fingerprint density at radius 2 is 2.00 bits per heavy atom. The lowest BCUT2D eigenvalue weighted by atomic mass is 9.98. The number of aliphatic carboxylic acids is 1. The van der Waals surface area contributed by atoms with Gasteiger partial charge in [-0.2, -0.15) is 0 Å². The topological polar surface area (TPSA) is 66.8 Å². The van der Waals surface area contributed by atoms with Crippen LogP contribution in [0, 0.1) is 11.8 Å². The van der Waals surface area contributed by atoms with Gasteiger partial charge in [-0.05, 0) is 19.8 Å². The molecule has 5 heteroatoms. The molecule has 1 aliphatic rings. The van der Waals surface area contributed by atoms with Crippen LogP contribution in [0.5, 0.6) is 0 Å². The molecule has 1 unspecified atom stereocenters. The van der Waals surface area contributed by atoms with Crippen molar-refractivity contribution in [3.05, 3.63) is 0 Å². The van der Waals surface area contributed by atoms with E-state index in [2.05, 4.69) is 0 Å². The van der Waals surface area contributed by atoms with Crippen molar-refractivity contribution < 1.29 is 19.4 Å². The number of nitrogens with zero attached hydrogens (tertiary/aromatic N) is 1. The molecule has 0 aliphatic carbocycles. The van der Waals surface area contributed by atoms with Crippen LogP contribution in [-0.2, 0) is 14.3 Å². The highest BCUT2D eigenvalue weighted by Crippen LogP contribution is 2.18. The molecule has 0 bridgehead atoms. The molecule has 1 saturated heterocycles. The molecule has 0 radical (unpaired) electrons. The van der Waals surface area contributed by atoms with Gasteiger partial charge in [0.1, 0.15) is 0 Å². The maximum absolute atomic E-state index is 12.2. The van der Waals surface area contributed by atoms with Crippen molar-refractivity contribution in [3.8, 4) is 0 Å². The highest BCUT2D eigenvalue weighted by atomic mass is 16.5. The molecule has 1 rings (SSSR count). The van der Waals surface area contributed by atoms with Gasteiger partial charge in [-0.25, -0.2) is 0 Å². The quantitative estimate of drug-likeness (QED) is 0.781. The number of rotatable bonds is 5. The molecule has 1 atom stereocenters. The molecular formula is C12H21NO4. The normalized spacial score (nSPS) is 18.7. The van der Waals surface area contributed by atoms with E-state index in [1.54, 1.807) is 11.8 Å². The molecule has 0 aromatic rings. The molecule has 5 nitrogen and oxygen atoms in total. The zero-order chi connectivity index (χ0) is 12.8. The van der Waals surface area contributed by atoms with E-state index < -0.39 is 11.9 Å². The predicted octanol–water partition coefficient (Wildman–Crippen LogP) is 0.982. The van der Waals surface area contributed by atoms with Crippen molar-refractivity contribution in [2.45, 2.75) is 26.7 Å². The Bertz CT molecular complexity index is 274. The third kappa shape index (κ3) is 4.00. The second-order valence-corrected chi connectivity index (χ2v) is 4.50. The molecule has 0 spiro atoms. The minimum atomic E-state index is -0.858. The summed E-state index contributed by atoms with van der Waals surface area (Å²) in [6.07, 6.45) is 1.49. The van der Waals surface area contributed by atoms with E-state index in [4.69, 9.17) is 9.84 Å². The molecule has 1 aliphatic heterocycles. The number of carbonyl (C=O) groups excluding carboxylic acids is 1. The lowest BCUT2D eigenvalue weighted by Gasteiger charge is -2.29. The van der Waals surface area contributed by atoms with Crippen molar-refractivity contribution in [1.82, 2.24) is 4.90 Å². The number of hydrogen-bond acceptors (Lipinski definition) is 3. The Hall–Kier alpha value is -1.10. The van der Waals surface area contributed by atoms with Gasteiger partial charge in [-0.15, -0.1) is 0 Å². The van der Waals surface area contributed by atoms with E-state index in [1.165, 1.54) is 0 Å². The SMILES string of the molecule is CCN(CC(C)C(=O)O)C(=O)C1CCOCC1. The van der Waals surface area contributed by atoms with Crippen LogP contribution in [0.2, 0.25) is 0 Å². The number of carbonyl (C=O) groups is 2. The van der Waals surface area contributed by atoms with Gasteiger partial charge < -0.3 is 14.7 Å². The van der Waals surface area contributed by atoms with Crippen LogP contribution in [0.1, 0.15) is 26.7 Å². The summed E-state index contributed by atoms with van der Waals surface area (Å²) in [5.41, 5.74) is 0. The summed E-state index contributed by atoms with van der Waals surface area (Å²) in [5, 5.41) is 8.86. The van der Waals surface area contributed by atoms with E-state index in [0.717, 1.165) is 12.8 Å². The van der Waals surface area contributed by atoms with E-state index in [9.17, 15) is 9.59 Å². The van der Waals surface area contributed by atoms with Crippen LogP contribution in [-0.4, -0.2) is 48.2 Å². The monoisotopic (exact) mass is 243 g/mol. The molecule has 1 fully saturated rings. The van der Waals surface area contributed by atoms with Crippen molar-refractivity contribution >= 4 is 11.9 Å². The molecule has 1 heterocycles. The van der Waals surface area contributed by atoms with Gasteiger partial charge >= 0.3 is 5.97 Å². The Labute approximate surface area is 102 Å². The summed E-state index contributed by atoms with van der Waals surface area (Å²) in [4.78, 5) is 24.6. The summed E-state index contributed by atoms with van der Waals surface area (Å²) in [6.45, 7) is 5.62. The Balaban J connectivity index is 2.53. The van der Waals surface area contributed by atoms with Gasteiger partial charge in [0.25, 0.3) is 0 Å². The van der Waals surface area contributed by atoms with E-state index >= 15 is 0 Å². The van der Waals surface area contributed by atoms with Crippen molar-refractivity contribution in [2.24, 2.45) is 11.8 Å². The van der Waals surface area contributed by atoms with Crippen LogP contribution in [0.4, 0.5) is 0 Å². The van der Waals surface area contributed by atoms with Crippen molar-refractivity contribution in [2.75, 3.05) is 26.3 Å². The second-order valence-electron chi connectivity index (χ2n) is 4.50. The number of carboxylic acid groups (broad SMARTS) is 1. The standard InChI is InChI=1S/C12H21NO4/c1-3-13(8-9(2)12(15)16)11(14)10-4-6-17-7-5-10/h9-10H,3-8H2,1-2H3,(H,15,16). The van der Waals surface area contributed by atoms with Crippen LogP contribution in [0.15, 0.2) is 0 Å². The lowest BCUT2D eigenvalue weighted by molar-refractivity contribution is -0.144. The number of hydrogen-bond donors (Lipinski definition) is 1. The molecule has 0 aromatic carbocycles. The predicted molar refractivity (Wildman–Crippen MR) is 62.6 cm³/mol. The Morgan fingerprint density at radius 3 is 2.47 bits per heavy atom. The summed E-state index contributed by atoms with van der Waals surface area (Å²) in [5.74, 6) is -1.30. The smallest absolute Gasteiger partial charge is 0.308 e. The average molecular weight is 243 g/mol. The number of ether oxygens (including phenoxy) is 1. The third-order valence-electron chi connectivity index (χ3n) is 3.18. The van der Waals surface area contributed by atoms with E-state index in [1.807, 2.05) is 6.92 Å². The van der Waals surface area contributed by atoms with Crippen LogP contribution in [0.3, 0.4) is 0 Å². The zero-order valence-electron chi connectivity index (χ0n) is 10.5. The highest BCUT2D eigenvalue weighted by molar-refractivity contribution is 5.79. The van der Waals surface area contributed by atoms with Crippen molar-refractivity contribution in [1.29, 1.82) is 0 Å². The molecule has 0 aromatic heterocycles. The van der Waals surface area contributed by atoms with E-state index in [-0.39, 0.29) is 11.8 Å². The fraction of sp³-hybridized carbons (Fsp3) is 0.833. The first-order valence-corrected chi connectivity index (χ1v) is 6.15. The zero-order valence-corrected chi connectivity index (χ0v) is 10.5. The van der Waals surface area contributed by atoms with Crippen molar-refractivity contribution in [3.63, 3.8) is 0 Å². The number of amides is 1. The molecule has 0 saturated carbocycles. The lowest BCUT2D eigenvalue weighted by Crippen LogP contribution is -2.41. The first-order valence-electron chi connectivity index (χ1n) is 6.15. The first kappa shape index (κ1) is 14.0. The summed E-state index contributed by atoms with van der Waals surface area (Å²) in [7, 11) is 0. The molecule has 98 valence electrons. The Kier molecular flexibility index (Phi) is 5.41. The number of carboxylic acids is 1. The van der Waals surface area contributed by atoms with Gasteiger partial charge in [-0.3, -0.25) is 9.59 Å². The first-order chi connectivity index (χ1) is 8.06. The van der Waals surface area contributed by atoms with Gasteiger partial charge in [0.15, 0.2) is 0 Å². The fourth-order valence-corrected chi connectivity index (χ4v) is 1.99. The van der Waals surface area contributed by atoms with Gasteiger partial charge in [0.05, 0.1) is 5.92 Å². The summed E-state index contributed by atoms with van der Waals surface area (Å²) >= 11 is 0. The molecule has 1 N–H and O–H groups in total. The molecule has 1 amide bonds. The summed E-state index contributed by atoms with van der Waals surface area (Å²) in [6, 6.07) is 0. The minimum Gasteiger partial charge on any atom is -0.481 e. The minimum absolute atomic E-state index is 0.00435. The van der Waals surface area contributed by atoms with Gasteiger partial charge in [0, 0.05) is 32.2 Å². The van der Waals surface area contributed by atoms with Gasteiger partial charge in [-0.1, -0.05) is 6.92 Å². The highest BCUT2D eigenvalue weighted by Gasteiger charge is 2.27. The van der Waals surface area contributed by atoms with Crippen LogP contribution in [0.25, 0.3) is 0 Å². The molecular weight excluding hydrogens is 222 g/mol.